The van der Waals surface area contributed by atoms with Crippen LogP contribution in [0.3, 0.4) is 0 Å². The molecule has 72 valence electrons. The van der Waals surface area contributed by atoms with Gasteiger partial charge in [-0.25, -0.2) is 0 Å². The molecule has 1 rings (SSSR count). The van der Waals surface area contributed by atoms with Crippen LogP contribution in [-0.2, 0) is 9.53 Å². The maximum absolute atomic E-state index is 11.0. The molecule has 1 amide bonds. The van der Waals surface area contributed by atoms with Crippen molar-refractivity contribution in [1.82, 2.24) is 10.6 Å². The Morgan fingerprint density at radius 3 is 3.23 bits per heavy atom. The maximum atomic E-state index is 11.0. The van der Waals surface area contributed by atoms with Gasteiger partial charge in [0, 0.05) is 19.6 Å². The van der Waals surface area contributed by atoms with Gasteiger partial charge < -0.3 is 15.4 Å². The summed E-state index contributed by atoms with van der Waals surface area (Å²) in [5.74, 6) is 2.17. The van der Waals surface area contributed by atoms with Gasteiger partial charge in [0.2, 0.25) is 5.91 Å². The lowest BCUT2D eigenvalue weighted by molar-refractivity contribution is -0.120. The fraction of sp³-hybridized carbons (Fsp3) is 0.667. The fourth-order valence-electron chi connectivity index (χ4n) is 1.13. The second-order valence-electron chi connectivity index (χ2n) is 2.88. The number of carbonyl (C=O) groups excluding carboxylic acids is 1. The molecule has 0 saturated carbocycles. The van der Waals surface area contributed by atoms with E-state index in [1.165, 1.54) is 0 Å². The molecule has 0 aromatic rings. The van der Waals surface area contributed by atoms with E-state index in [9.17, 15) is 4.79 Å². The van der Waals surface area contributed by atoms with E-state index in [1.807, 2.05) is 0 Å². The topological polar surface area (TPSA) is 50.4 Å². The Kier molecular flexibility index (Phi) is 4.30. The predicted molar refractivity (Wildman–Crippen MR) is 49.1 cm³/mol. The van der Waals surface area contributed by atoms with Crippen LogP contribution in [0.5, 0.6) is 0 Å². The minimum atomic E-state index is -0.114. The number of ether oxygens (including phenoxy) is 1. The van der Waals surface area contributed by atoms with Crippen molar-refractivity contribution in [1.29, 1.82) is 0 Å². The number of hydrogen-bond acceptors (Lipinski definition) is 3. The van der Waals surface area contributed by atoms with Crippen molar-refractivity contribution in [3.8, 4) is 12.3 Å². The van der Waals surface area contributed by atoms with Gasteiger partial charge in [0.25, 0.3) is 0 Å². The number of terminal acetylenes is 1. The van der Waals surface area contributed by atoms with E-state index in [0.29, 0.717) is 13.2 Å². The highest BCUT2D eigenvalue weighted by Gasteiger charge is 2.13. The van der Waals surface area contributed by atoms with Gasteiger partial charge in [-0.3, -0.25) is 4.79 Å². The average Bonchev–Trinajstić information content (AvgIpc) is 2.17. The number of hydrogen-bond donors (Lipinski definition) is 2. The van der Waals surface area contributed by atoms with Crippen LogP contribution in [0, 0.1) is 12.3 Å². The lowest BCUT2D eigenvalue weighted by Gasteiger charge is -2.23. The summed E-state index contributed by atoms with van der Waals surface area (Å²) in [7, 11) is 0. The highest BCUT2D eigenvalue weighted by atomic mass is 16.5. The lowest BCUT2D eigenvalue weighted by atomic mass is 10.3. The summed E-state index contributed by atoms with van der Waals surface area (Å²) >= 11 is 0. The molecular formula is C9H14N2O2. The van der Waals surface area contributed by atoms with Crippen LogP contribution in [0.4, 0.5) is 0 Å². The third-order valence-electron chi connectivity index (χ3n) is 1.79. The Labute approximate surface area is 78.0 Å². The molecule has 1 aliphatic rings. The van der Waals surface area contributed by atoms with Gasteiger partial charge in [-0.2, -0.15) is 0 Å². The van der Waals surface area contributed by atoms with Gasteiger partial charge in [-0.05, 0) is 0 Å². The van der Waals surface area contributed by atoms with Crippen LogP contribution in [-0.4, -0.2) is 38.3 Å². The van der Waals surface area contributed by atoms with Crippen molar-refractivity contribution in [2.75, 3.05) is 26.2 Å². The van der Waals surface area contributed by atoms with Crippen molar-refractivity contribution in [2.45, 2.75) is 12.5 Å². The summed E-state index contributed by atoms with van der Waals surface area (Å²) in [6.07, 6.45) is 5.20. The van der Waals surface area contributed by atoms with Gasteiger partial charge in [0.15, 0.2) is 0 Å². The Hall–Kier alpha value is -1.05. The van der Waals surface area contributed by atoms with Crippen molar-refractivity contribution < 1.29 is 9.53 Å². The largest absolute Gasteiger partial charge is 0.374 e. The van der Waals surface area contributed by atoms with Crippen molar-refractivity contribution in [2.24, 2.45) is 0 Å². The SMILES string of the molecule is C#CCC(=O)NCC1CNCCO1. The second-order valence-corrected chi connectivity index (χ2v) is 2.88. The molecule has 4 heteroatoms. The van der Waals surface area contributed by atoms with Gasteiger partial charge in [0.1, 0.15) is 0 Å². The summed E-state index contributed by atoms with van der Waals surface area (Å²) in [5, 5.41) is 5.88. The quantitative estimate of drug-likeness (QED) is 0.557. The molecule has 2 N–H and O–H groups in total. The van der Waals surface area contributed by atoms with E-state index >= 15 is 0 Å². The first-order valence-corrected chi connectivity index (χ1v) is 4.35. The molecule has 1 unspecified atom stereocenters. The molecule has 0 spiro atoms. The third kappa shape index (κ3) is 3.92. The Morgan fingerprint density at radius 2 is 2.62 bits per heavy atom. The predicted octanol–water partition coefficient (Wildman–Crippen LogP) is -0.886. The zero-order valence-corrected chi connectivity index (χ0v) is 7.51. The van der Waals surface area contributed by atoms with Gasteiger partial charge in [-0.15, -0.1) is 6.42 Å². The molecule has 1 saturated heterocycles. The molecule has 4 nitrogen and oxygen atoms in total. The molecular weight excluding hydrogens is 168 g/mol. The van der Waals surface area contributed by atoms with Crippen molar-refractivity contribution in [3.63, 3.8) is 0 Å². The number of morpholine rings is 1. The van der Waals surface area contributed by atoms with E-state index in [0.717, 1.165) is 13.1 Å². The maximum Gasteiger partial charge on any atom is 0.232 e. The standard InChI is InChI=1S/C9H14N2O2/c1-2-3-9(12)11-7-8-6-10-4-5-13-8/h1,8,10H,3-7H2,(H,11,12). The number of nitrogens with one attached hydrogen (secondary N) is 2. The minimum absolute atomic E-state index is 0.0791. The molecule has 0 bridgehead atoms. The van der Waals surface area contributed by atoms with E-state index in [-0.39, 0.29) is 18.4 Å². The van der Waals surface area contributed by atoms with E-state index < -0.39 is 0 Å². The zero-order valence-electron chi connectivity index (χ0n) is 7.51. The molecule has 0 aliphatic carbocycles. The number of rotatable bonds is 3. The summed E-state index contributed by atoms with van der Waals surface area (Å²) < 4.78 is 5.38. The summed E-state index contributed by atoms with van der Waals surface area (Å²) in [6, 6.07) is 0. The van der Waals surface area contributed by atoms with Gasteiger partial charge >= 0.3 is 0 Å². The van der Waals surface area contributed by atoms with Crippen LogP contribution in [0.2, 0.25) is 0 Å². The smallest absolute Gasteiger partial charge is 0.232 e. The molecule has 1 aliphatic heterocycles. The van der Waals surface area contributed by atoms with Gasteiger partial charge in [-0.1, -0.05) is 5.92 Å². The highest BCUT2D eigenvalue weighted by molar-refractivity contribution is 5.78. The monoisotopic (exact) mass is 182 g/mol. The number of amides is 1. The van der Waals surface area contributed by atoms with Gasteiger partial charge in [0.05, 0.1) is 19.1 Å². The lowest BCUT2D eigenvalue weighted by Crippen LogP contribution is -2.45. The van der Waals surface area contributed by atoms with Crippen molar-refractivity contribution >= 4 is 5.91 Å². The summed E-state index contributed by atoms with van der Waals surface area (Å²) in [5.41, 5.74) is 0. The fourth-order valence-corrected chi connectivity index (χ4v) is 1.13. The zero-order chi connectivity index (χ0) is 9.52. The normalized spacial score (nSPS) is 21.9. The van der Waals surface area contributed by atoms with E-state index in [2.05, 4.69) is 16.6 Å². The minimum Gasteiger partial charge on any atom is -0.374 e. The first-order chi connectivity index (χ1) is 6.33. The third-order valence-corrected chi connectivity index (χ3v) is 1.79. The Bertz CT molecular complexity index is 204. The molecule has 0 aromatic carbocycles. The van der Waals surface area contributed by atoms with Crippen LogP contribution < -0.4 is 10.6 Å². The first kappa shape index (κ1) is 10.0. The molecule has 0 radical (unpaired) electrons. The Morgan fingerprint density at radius 1 is 1.77 bits per heavy atom. The van der Waals surface area contributed by atoms with Crippen LogP contribution in [0.25, 0.3) is 0 Å². The molecule has 1 fully saturated rings. The Balaban J connectivity index is 2.10. The molecule has 1 heterocycles. The van der Waals surface area contributed by atoms with E-state index in [4.69, 9.17) is 11.2 Å². The molecule has 1 atom stereocenters. The number of carbonyl (C=O) groups is 1. The van der Waals surface area contributed by atoms with Crippen LogP contribution in [0.15, 0.2) is 0 Å². The van der Waals surface area contributed by atoms with Crippen LogP contribution >= 0.6 is 0 Å². The van der Waals surface area contributed by atoms with E-state index in [1.54, 1.807) is 0 Å². The molecule has 0 aromatic heterocycles. The molecule has 13 heavy (non-hydrogen) atoms. The van der Waals surface area contributed by atoms with Crippen LogP contribution in [0.1, 0.15) is 6.42 Å². The summed E-state index contributed by atoms with van der Waals surface area (Å²) in [4.78, 5) is 11.0. The average molecular weight is 182 g/mol. The van der Waals surface area contributed by atoms with Crippen molar-refractivity contribution in [3.05, 3.63) is 0 Å². The second kappa shape index (κ2) is 5.57. The summed E-state index contributed by atoms with van der Waals surface area (Å²) in [6.45, 7) is 2.91. The highest BCUT2D eigenvalue weighted by Crippen LogP contribution is 1.93. The first-order valence-electron chi connectivity index (χ1n) is 4.35.